The van der Waals surface area contributed by atoms with E-state index in [1.54, 1.807) is 13.8 Å². The van der Waals surface area contributed by atoms with Crippen LogP contribution in [0.3, 0.4) is 0 Å². The van der Waals surface area contributed by atoms with Crippen molar-refractivity contribution in [2.45, 2.75) is 33.1 Å². The number of carboxylic acids is 1. The highest BCUT2D eigenvalue weighted by Crippen LogP contribution is 2.37. The van der Waals surface area contributed by atoms with Crippen LogP contribution < -0.4 is 15.4 Å². The van der Waals surface area contributed by atoms with E-state index in [1.807, 2.05) is 0 Å². The van der Waals surface area contributed by atoms with Gasteiger partial charge in [-0.3, -0.25) is 14.4 Å². The fourth-order valence-corrected chi connectivity index (χ4v) is 3.16. The number of carbonyl (C=O) groups excluding carboxylic acids is 2. The number of benzene rings is 2. The Balaban J connectivity index is 2.24. The Morgan fingerprint density at radius 1 is 1.00 bits per heavy atom. The molecule has 0 atom stereocenters. The summed E-state index contributed by atoms with van der Waals surface area (Å²) in [5, 5.41) is 13.2. The number of nitrogens with one attached hydrogen (secondary N) is 2. The summed E-state index contributed by atoms with van der Waals surface area (Å²) in [6.07, 6.45) is -5.42. The minimum Gasteiger partial charge on any atom is -0.486 e. The molecule has 2 aromatic carbocycles. The summed E-state index contributed by atoms with van der Waals surface area (Å²) >= 11 is 12.2. The maximum Gasteiger partial charge on any atom is 0.416 e. The van der Waals surface area contributed by atoms with Crippen molar-refractivity contribution in [3.63, 3.8) is 0 Å². The van der Waals surface area contributed by atoms with E-state index in [0.29, 0.717) is 0 Å². The van der Waals surface area contributed by atoms with Gasteiger partial charge in [0.25, 0.3) is 0 Å². The van der Waals surface area contributed by atoms with Crippen LogP contribution in [0.15, 0.2) is 30.3 Å². The lowest BCUT2D eigenvalue weighted by Crippen LogP contribution is -2.18. The van der Waals surface area contributed by atoms with Crippen molar-refractivity contribution in [2.75, 3.05) is 10.6 Å². The maximum absolute atomic E-state index is 13.3. The zero-order valence-corrected chi connectivity index (χ0v) is 18.9. The van der Waals surface area contributed by atoms with Gasteiger partial charge in [0.2, 0.25) is 11.8 Å². The lowest BCUT2D eigenvalue weighted by atomic mass is 10.1. The van der Waals surface area contributed by atoms with Gasteiger partial charge in [0.05, 0.1) is 15.6 Å². The Hall–Kier alpha value is -2.98. The lowest BCUT2D eigenvalue weighted by Gasteiger charge is -2.16. The smallest absolute Gasteiger partial charge is 0.416 e. The molecule has 0 aliphatic carbocycles. The maximum atomic E-state index is 13.3. The number of ether oxygens (including phenoxy) is 1. The normalized spacial score (nSPS) is 11.3. The molecular weight excluding hydrogens is 488 g/mol. The number of anilines is 2. The number of carbonyl (C=O) groups is 3. The Bertz CT molecular complexity index is 1050. The Kier molecular flexibility index (Phi) is 8.57. The zero-order valence-electron chi connectivity index (χ0n) is 17.3. The summed E-state index contributed by atoms with van der Waals surface area (Å²) in [5.41, 5.74) is -0.816. The highest BCUT2D eigenvalue weighted by molar-refractivity contribution is 6.37. The highest BCUT2D eigenvalue weighted by Gasteiger charge is 2.31. The number of hydrogen-bond acceptors (Lipinski definition) is 4. The summed E-state index contributed by atoms with van der Waals surface area (Å²) in [6, 6.07) is 5.52. The van der Waals surface area contributed by atoms with Crippen LogP contribution in [-0.2, 0) is 27.2 Å². The fourth-order valence-electron chi connectivity index (χ4n) is 2.57. The molecule has 0 saturated carbocycles. The largest absolute Gasteiger partial charge is 0.486 e. The number of rotatable bonds is 8. The minimum atomic E-state index is -4.65. The third kappa shape index (κ3) is 7.83. The molecule has 2 aromatic rings. The predicted octanol–water partition coefficient (Wildman–Crippen LogP) is 5.60. The molecule has 7 nitrogen and oxygen atoms in total. The number of halogens is 5. The SMILES string of the molecule is CC(C)C(=O)Nc1cc(COc2c(Cl)cc(NC(=O)CC(=O)O)cc2Cl)cc(C(F)(F)F)c1. The number of aliphatic carboxylic acids is 1. The summed E-state index contributed by atoms with van der Waals surface area (Å²) < 4.78 is 45.4. The molecule has 0 aliphatic heterocycles. The van der Waals surface area contributed by atoms with Crippen LogP contribution in [0.25, 0.3) is 0 Å². The number of alkyl halides is 3. The Labute approximate surface area is 196 Å². The van der Waals surface area contributed by atoms with Crippen LogP contribution in [0, 0.1) is 5.92 Å². The van der Waals surface area contributed by atoms with Crippen molar-refractivity contribution >= 4 is 52.4 Å². The van der Waals surface area contributed by atoms with Crippen molar-refractivity contribution in [3.8, 4) is 5.75 Å². The Morgan fingerprint density at radius 2 is 1.58 bits per heavy atom. The van der Waals surface area contributed by atoms with Gasteiger partial charge in [-0.25, -0.2) is 0 Å². The molecule has 178 valence electrons. The van der Waals surface area contributed by atoms with Gasteiger partial charge in [0.1, 0.15) is 13.0 Å². The third-order valence-electron chi connectivity index (χ3n) is 4.09. The van der Waals surface area contributed by atoms with Crippen LogP contribution in [0.1, 0.15) is 31.4 Å². The molecule has 2 rings (SSSR count). The molecule has 0 bridgehead atoms. The Morgan fingerprint density at radius 3 is 2.09 bits per heavy atom. The van der Waals surface area contributed by atoms with Gasteiger partial charge in [-0.05, 0) is 35.9 Å². The predicted molar refractivity (Wildman–Crippen MR) is 117 cm³/mol. The molecule has 33 heavy (non-hydrogen) atoms. The molecule has 0 aromatic heterocycles. The third-order valence-corrected chi connectivity index (χ3v) is 4.65. The lowest BCUT2D eigenvalue weighted by molar-refractivity contribution is -0.140. The van der Waals surface area contributed by atoms with Gasteiger partial charge in [0, 0.05) is 17.3 Å². The van der Waals surface area contributed by atoms with E-state index in [-0.39, 0.29) is 39.3 Å². The van der Waals surface area contributed by atoms with Gasteiger partial charge in [-0.1, -0.05) is 37.0 Å². The molecule has 3 N–H and O–H groups in total. The van der Waals surface area contributed by atoms with Gasteiger partial charge in [-0.15, -0.1) is 0 Å². The molecule has 0 saturated heterocycles. The average molecular weight is 507 g/mol. The van der Waals surface area contributed by atoms with Gasteiger partial charge >= 0.3 is 12.1 Å². The van der Waals surface area contributed by atoms with E-state index in [1.165, 1.54) is 18.2 Å². The van der Waals surface area contributed by atoms with Crippen LogP contribution in [0.5, 0.6) is 5.75 Å². The average Bonchev–Trinajstić information content (AvgIpc) is 2.65. The second-order valence-corrected chi connectivity index (χ2v) is 8.05. The van der Waals surface area contributed by atoms with Crippen LogP contribution in [0.2, 0.25) is 10.0 Å². The zero-order chi connectivity index (χ0) is 24.9. The van der Waals surface area contributed by atoms with Crippen molar-refractivity contribution in [1.29, 1.82) is 0 Å². The summed E-state index contributed by atoms with van der Waals surface area (Å²) in [6.45, 7) is 2.84. The van der Waals surface area contributed by atoms with Crippen LogP contribution >= 0.6 is 23.2 Å². The molecule has 0 unspecified atom stereocenters. The quantitative estimate of drug-likeness (QED) is 0.404. The summed E-state index contributed by atoms with van der Waals surface area (Å²) in [4.78, 5) is 34.1. The molecular formula is C21H19Cl2F3N2O5. The summed E-state index contributed by atoms with van der Waals surface area (Å²) in [5.74, 6) is -3.07. The standard InChI is InChI=1S/C21H19Cl2F3N2O5/c1-10(2)20(32)28-13-4-11(3-12(5-13)21(24,25)26)9-33-19-15(22)6-14(7-16(19)23)27-17(29)8-18(30)31/h3-7,10H,8-9H2,1-2H3,(H,27,29)(H,28,32)(H,30,31). The van der Waals surface area contributed by atoms with E-state index < -0.39 is 41.9 Å². The van der Waals surface area contributed by atoms with E-state index in [0.717, 1.165) is 12.1 Å². The highest BCUT2D eigenvalue weighted by atomic mass is 35.5. The second-order valence-electron chi connectivity index (χ2n) is 7.24. The minimum absolute atomic E-state index is 0.0455. The van der Waals surface area contributed by atoms with Crippen molar-refractivity contribution in [3.05, 3.63) is 51.5 Å². The van der Waals surface area contributed by atoms with Gasteiger partial charge in [0.15, 0.2) is 5.75 Å². The van der Waals surface area contributed by atoms with Gasteiger partial charge in [-0.2, -0.15) is 13.2 Å². The number of carboxylic acid groups (broad SMARTS) is 1. The van der Waals surface area contributed by atoms with Crippen molar-refractivity contribution < 1.29 is 37.4 Å². The molecule has 0 fully saturated rings. The van der Waals surface area contributed by atoms with E-state index in [2.05, 4.69) is 10.6 Å². The van der Waals surface area contributed by atoms with Crippen LogP contribution in [-0.4, -0.2) is 22.9 Å². The first-order valence-electron chi connectivity index (χ1n) is 9.41. The first-order valence-corrected chi connectivity index (χ1v) is 10.2. The first kappa shape index (κ1) is 26.3. The molecule has 0 aliphatic rings. The van der Waals surface area contributed by atoms with Crippen molar-refractivity contribution in [1.82, 2.24) is 0 Å². The van der Waals surface area contributed by atoms with E-state index >= 15 is 0 Å². The monoisotopic (exact) mass is 506 g/mol. The molecule has 0 spiro atoms. The summed E-state index contributed by atoms with van der Waals surface area (Å²) in [7, 11) is 0. The van der Waals surface area contributed by atoms with E-state index in [4.69, 9.17) is 33.0 Å². The van der Waals surface area contributed by atoms with E-state index in [9.17, 15) is 27.6 Å². The number of hydrogen-bond donors (Lipinski definition) is 3. The van der Waals surface area contributed by atoms with Gasteiger partial charge < -0.3 is 20.5 Å². The number of amides is 2. The van der Waals surface area contributed by atoms with Crippen molar-refractivity contribution in [2.24, 2.45) is 5.92 Å². The first-order chi connectivity index (χ1) is 15.3. The van der Waals surface area contributed by atoms with Crippen LogP contribution in [0.4, 0.5) is 24.5 Å². The topological polar surface area (TPSA) is 105 Å². The molecule has 2 amide bonds. The second kappa shape index (κ2) is 10.8. The molecule has 0 radical (unpaired) electrons. The molecule has 12 heteroatoms. The fraction of sp³-hybridized carbons (Fsp3) is 0.286. The molecule has 0 heterocycles.